The number of thioether (sulfide) groups is 1. The molecule has 1 amide bonds. The van der Waals surface area contributed by atoms with E-state index in [1.165, 1.54) is 23.9 Å². The van der Waals surface area contributed by atoms with Crippen molar-refractivity contribution >= 4 is 28.8 Å². The number of hydrogen-bond donors (Lipinski definition) is 1. The molecule has 0 spiro atoms. The Hall–Kier alpha value is -2.34. The van der Waals surface area contributed by atoms with Crippen LogP contribution in [0.2, 0.25) is 0 Å². The lowest BCUT2D eigenvalue weighted by atomic mass is 10.2. The quantitative estimate of drug-likeness (QED) is 0.733. The highest BCUT2D eigenvalue weighted by Crippen LogP contribution is 2.22. The van der Waals surface area contributed by atoms with Gasteiger partial charge in [-0.05, 0) is 29.8 Å². The van der Waals surface area contributed by atoms with E-state index in [1.54, 1.807) is 12.1 Å². The Morgan fingerprint density at radius 1 is 1.18 bits per heavy atom. The smallest absolute Gasteiger partial charge is 0.257 e. The molecule has 0 aliphatic carbocycles. The van der Waals surface area contributed by atoms with Crippen LogP contribution in [-0.2, 0) is 11.3 Å². The van der Waals surface area contributed by atoms with Gasteiger partial charge in [-0.15, -0.1) is 0 Å². The van der Waals surface area contributed by atoms with E-state index in [0.717, 1.165) is 11.1 Å². The van der Waals surface area contributed by atoms with Crippen LogP contribution in [0.25, 0.3) is 11.1 Å². The van der Waals surface area contributed by atoms with Crippen LogP contribution in [0.1, 0.15) is 5.56 Å². The predicted octanol–water partition coefficient (Wildman–Crippen LogP) is 3.38. The summed E-state index contributed by atoms with van der Waals surface area (Å²) >= 11 is 1.24. The van der Waals surface area contributed by atoms with Gasteiger partial charge in [0, 0.05) is 6.54 Å². The molecular weight excluding hydrogens is 303 g/mol. The van der Waals surface area contributed by atoms with Gasteiger partial charge in [0.2, 0.25) is 5.91 Å². The molecule has 0 fully saturated rings. The predicted molar refractivity (Wildman–Crippen MR) is 83.0 cm³/mol. The fourth-order valence-electron chi connectivity index (χ4n) is 1.89. The van der Waals surface area contributed by atoms with Gasteiger partial charge in [0.1, 0.15) is 11.3 Å². The van der Waals surface area contributed by atoms with Crippen molar-refractivity contribution in [2.24, 2.45) is 0 Å². The van der Waals surface area contributed by atoms with Gasteiger partial charge in [0.15, 0.2) is 5.58 Å². The van der Waals surface area contributed by atoms with Crippen LogP contribution in [0.4, 0.5) is 4.39 Å². The summed E-state index contributed by atoms with van der Waals surface area (Å²) in [4.78, 5) is 16.1. The number of oxazole rings is 1. The van der Waals surface area contributed by atoms with E-state index in [-0.39, 0.29) is 17.5 Å². The second kappa shape index (κ2) is 6.62. The Bertz CT molecular complexity index is 753. The molecule has 2 aromatic carbocycles. The van der Waals surface area contributed by atoms with Crippen LogP contribution in [0, 0.1) is 5.82 Å². The summed E-state index contributed by atoms with van der Waals surface area (Å²) in [6.07, 6.45) is 0. The van der Waals surface area contributed by atoms with Gasteiger partial charge in [-0.25, -0.2) is 9.37 Å². The van der Waals surface area contributed by atoms with E-state index >= 15 is 0 Å². The first-order chi connectivity index (χ1) is 10.7. The Morgan fingerprint density at radius 3 is 2.73 bits per heavy atom. The normalized spacial score (nSPS) is 10.8. The van der Waals surface area contributed by atoms with Crippen molar-refractivity contribution in [2.45, 2.75) is 11.8 Å². The zero-order chi connectivity index (χ0) is 15.4. The van der Waals surface area contributed by atoms with Gasteiger partial charge in [0.25, 0.3) is 5.22 Å². The van der Waals surface area contributed by atoms with Crippen molar-refractivity contribution in [3.05, 3.63) is 59.9 Å². The summed E-state index contributed by atoms with van der Waals surface area (Å²) in [6.45, 7) is 0.368. The number of fused-ring (bicyclic) bond motifs is 1. The number of nitrogens with one attached hydrogen (secondary N) is 1. The first kappa shape index (κ1) is 14.6. The number of carbonyl (C=O) groups excluding carboxylic acids is 1. The van der Waals surface area contributed by atoms with E-state index in [2.05, 4.69) is 10.3 Å². The number of nitrogens with zero attached hydrogens (tertiary/aromatic N) is 1. The van der Waals surface area contributed by atoms with E-state index in [0.29, 0.717) is 17.4 Å². The zero-order valence-electron chi connectivity index (χ0n) is 11.6. The molecule has 0 aliphatic heterocycles. The van der Waals surface area contributed by atoms with E-state index in [9.17, 15) is 9.18 Å². The number of para-hydroxylation sites is 2. The largest absolute Gasteiger partial charge is 0.431 e. The molecule has 1 N–H and O–H groups in total. The number of halogens is 1. The lowest BCUT2D eigenvalue weighted by Crippen LogP contribution is -2.24. The minimum Gasteiger partial charge on any atom is -0.431 e. The average molecular weight is 316 g/mol. The third-order valence-electron chi connectivity index (χ3n) is 3.00. The second-order valence-corrected chi connectivity index (χ2v) is 5.57. The van der Waals surface area contributed by atoms with Crippen molar-refractivity contribution in [2.75, 3.05) is 5.75 Å². The highest BCUT2D eigenvalue weighted by Gasteiger charge is 2.08. The molecule has 0 saturated heterocycles. The lowest BCUT2D eigenvalue weighted by Gasteiger charge is -2.04. The summed E-state index contributed by atoms with van der Waals surface area (Å²) < 4.78 is 18.3. The van der Waals surface area contributed by atoms with Crippen LogP contribution in [0.3, 0.4) is 0 Å². The summed E-state index contributed by atoms with van der Waals surface area (Å²) in [5, 5.41) is 3.24. The molecule has 112 valence electrons. The SMILES string of the molecule is O=C(CSc1nc2ccccc2o1)NCc1ccc(F)cc1. The summed E-state index contributed by atoms with van der Waals surface area (Å²) in [5.41, 5.74) is 2.33. The van der Waals surface area contributed by atoms with Gasteiger partial charge in [0.05, 0.1) is 5.75 Å². The van der Waals surface area contributed by atoms with E-state index < -0.39 is 0 Å². The number of benzene rings is 2. The number of aromatic nitrogens is 1. The number of amides is 1. The monoisotopic (exact) mass is 316 g/mol. The van der Waals surface area contributed by atoms with E-state index in [4.69, 9.17) is 4.42 Å². The molecule has 4 nitrogen and oxygen atoms in total. The second-order valence-electron chi connectivity index (χ2n) is 4.64. The van der Waals surface area contributed by atoms with Gasteiger partial charge < -0.3 is 9.73 Å². The lowest BCUT2D eigenvalue weighted by molar-refractivity contribution is -0.118. The minimum absolute atomic E-state index is 0.128. The number of rotatable bonds is 5. The Labute approximate surface area is 130 Å². The van der Waals surface area contributed by atoms with Gasteiger partial charge in [-0.3, -0.25) is 4.79 Å². The fraction of sp³-hybridized carbons (Fsp3) is 0.125. The van der Waals surface area contributed by atoms with Crippen molar-refractivity contribution in [1.29, 1.82) is 0 Å². The fourth-order valence-corrected chi connectivity index (χ4v) is 2.56. The molecule has 0 aliphatic rings. The molecule has 0 bridgehead atoms. The van der Waals surface area contributed by atoms with Crippen molar-refractivity contribution in [1.82, 2.24) is 10.3 Å². The maximum absolute atomic E-state index is 12.8. The Balaban J connectivity index is 1.50. The molecule has 3 rings (SSSR count). The molecular formula is C16H13FN2O2S. The molecule has 1 heterocycles. The van der Waals surface area contributed by atoms with E-state index in [1.807, 2.05) is 24.3 Å². The Morgan fingerprint density at radius 2 is 1.95 bits per heavy atom. The summed E-state index contributed by atoms with van der Waals surface area (Å²) in [5.74, 6) is -0.202. The van der Waals surface area contributed by atoms with Gasteiger partial charge in [-0.2, -0.15) is 0 Å². The molecule has 22 heavy (non-hydrogen) atoms. The molecule has 0 radical (unpaired) electrons. The molecule has 3 aromatic rings. The third kappa shape index (κ3) is 3.65. The standard InChI is InChI=1S/C16H13FN2O2S/c17-12-7-5-11(6-8-12)9-18-15(20)10-22-16-19-13-3-1-2-4-14(13)21-16/h1-8H,9-10H2,(H,18,20). The van der Waals surface area contributed by atoms with Crippen molar-refractivity contribution < 1.29 is 13.6 Å². The van der Waals surface area contributed by atoms with Crippen molar-refractivity contribution in [3.8, 4) is 0 Å². The highest BCUT2D eigenvalue weighted by atomic mass is 32.2. The molecule has 0 unspecified atom stereocenters. The number of hydrogen-bond acceptors (Lipinski definition) is 4. The van der Waals surface area contributed by atoms with Crippen molar-refractivity contribution in [3.63, 3.8) is 0 Å². The van der Waals surface area contributed by atoms with Gasteiger partial charge in [-0.1, -0.05) is 36.0 Å². The molecule has 6 heteroatoms. The number of carbonyl (C=O) groups is 1. The minimum atomic E-state index is -0.290. The van der Waals surface area contributed by atoms with Crippen LogP contribution in [0.5, 0.6) is 0 Å². The topological polar surface area (TPSA) is 55.1 Å². The van der Waals surface area contributed by atoms with Crippen LogP contribution in [-0.4, -0.2) is 16.6 Å². The Kier molecular flexibility index (Phi) is 4.39. The van der Waals surface area contributed by atoms with Crippen LogP contribution < -0.4 is 5.32 Å². The van der Waals surface area contributed by atoms with Crippen LogP contribution >= 0.6 is 11.8 Å². The third-order valence-corrected chi connectivity index (χ3v) is 3.83. The first-order valence-electron chi connectivity index (χ1n) is 6.70. The highest BCUT2D eigenvalue weighted by molar-refractivity contribution is 7.99. The average Bonchev–Trinajstić information content (AvgIpc) is 2.95. The molecule has 0 saturated carbocycles. The first-order valence-corrected chi connectivity index (χ1v) is 7.69. The molecule has 1 aromatic heterocycles. The van der Waals surface area contributed by atoms with Gasteiger partial charge >= 0.3 is 0 Å². The molecule has 0 atom stereocenters. The maximum atomic E-state index is 12.8. The maximum Gasteiger partial charge on any atom is 0.257 e. The zero-order valence-corrected chi connectivity index (χ0v) is 12.4. The summed E-state index contributed by atoms with van der Waals surface area (Å²) in [7, 11) is 0. The summed E-state index contributed by atoms with van der Waals surface area (Å²) in [6, 6.07) is 13.5. The van der Waals surface area contributed by atoms with Crippen LogP contribution in [0.15, 0.2) is 58.2 Å².